The third kappa shape index (κ3) is 4.73. The van der Waals surface area contributed by atoms with Crippen LogP contribution in [0.25, 0.3) is 11.3 Å². The molecule has 1 heterocycles. The van der Waals surface area contributed by atoms with E-state index in [4.69, 9.17) is 4.74 Å². The van der Waals surface area contributed by atoms with Crippen molar-refractivity contribution in [2.24, 2.45) is 0 Å². The summed E-state index contributed by atoms with van der Waals surface area (Å²) in [5.74, 6) is 0.697. The molecule has 0 amide bonds. The van der Waals surface area contributed by atoms with E-state index >= 15 is 0 Å². The van der Waals surface area contributed by atoms with Crippen LogP contribution in [0, 0.1) is 6.92 Å². The molecule has 0 radical (unpaired) electrons. The highest BCUT2D eigenvalue weighted by Gasteiger charge is 2.12. The van der Waals surface area contributed by atoms with Gasteiger partial charge >= 0.3 is 0 Å². The highest BCUT2D eigenvalue weighted by molar-refractivity contribution is 5.95. The second-order valence-electron chi connectivity index (χ2n) is 5.64. The van der Waals surface area contributed by atoms with Gasteiger partial charge in [0.15, 0.2) is 12.2 Å². The number of methoxy groups -OCH3 is 1. The number of ketones is 1. The van der Waals surface area contributed by atoms with Gasteiger partial charge < -0.3 is 21.7 Å². The van der Waals surface area contributed by atoms with Crippen LogP contribution < -0.4 is 26.3 Å². The lowest BCUT2D eigenvalue weighted by Crippen LogP contribution is -3.00. The van der Waals surface area contributed by atoms with Crippen LogP contribution in [-0.4, -0.2) is 17.9 Å². The van der Waals surface area contributed by atoms with Crippen molar-refractivity contribution in [2.75, 3.05) is 7.11 Å². The standard InChI is InChI=1S/C20H19N2O2.BrH/c1-15-6-8-16(9-7-15)19-10-11-22(14-21-19)13-20(23)17-4-3-5-18(12-17)24-2;/h3-12,14H,13H2,1-2H3;1H/q+1;/p-1. The van der Waals surface area contributed by atoms with Crippen LogP contribution >= 0.6 is 0 Å². The Morgan fingerprint density at radius 1 is 1.12 bits per heavy atom. The van der Waals surface area contributed by atoms with Gasteiger partial charge in [-0.15, -0.1) is 0 Å². The molecular weight excluding hydrogens is 380 g/mol. The number of benzene rings is 2. The first-order valence-electron chi connectivity index (χ1n) is 7.75. The lowest BCUT2D eigenvalue weighted by atomic mass is 10.1. The lowest BCUT2D eigenvalue weighted by molar-refractivity contribution is -0.686. The van der Waals surface area contributed by atoms with Crippen molar-refractivity contribution >= 4 is 5.78 Å². The lowest BCUT2D eigenvalue weighted by Gasteiger charge is -2.03. The summed E-state index contributed by atoms with van der Waals surface area (Å²) in [6.45, 7) is 2.30. The Hall–Kier alpha value is -2.53. The Labute approximate surface area is 157 Å². The van der Waals surface area contributed by atoms with Gasteiger partial charge in [0.1, 0.15) is 5.75 Å². The number of aromatic nitrogens is 2. The highest BCUT2D eigenvalue weighted by atomic mass is 79.9. The Bertz CT molecular complexity index is 846. The summed E-state index contributed by atoms with van der Waals surface area (Å²) < 4.78 is 6.93. The van der Waals surface area contributed by atoms with Crippen molar-refractivity contribution in [1.82, 2.24) is 4.98 Å². The van der Waals surface area contributed by atoms with Crippen LogP contribution in [0.1, 0.15) is 15.9 Å². The zero-order valence-electron chi connectivity index (χ0n) is 14.1. The maximum atomic E-state index is 12.4. The molecule has 0 saturated heterocycles. The molecule has 25 heavy (non-hydrogen) atoms. The fourth-order valence-corrected chi connectivity index (χ4v) is 2.43. The van der Waals surface area contributed by atoms with E-state index in [0.717, 1.165) is 11.3 Å². The van der Waals surface area contributed by atoms with Crippen LogP contribution in [0.2, 0.25) is 0 Å². The number of carbonyl (C=O) groups is 1. The molecule has 2 aromatic carbocycles. The van der Waals surface area contributed by atoms with E-state index < -0.39 is 0 Å². The Kier molecular flexibility index (Phi) is 6.42. The van der Waals surface area contributed by atoms with Gasteiger partial charge in [-0.25, -0.2) is 4.57 Å². The molecular formula is C20H19BrN2O2. The molecule has 3 aromatic rings. The number of Topliss-reactive ketones (excluding diaryl/α,β-unsaturated/α-hetero) is 1. The van der Waals surface area contributed by atoms with Crippen molar-refractivity contribution < 1.29 is 31.1 Å². The molecule has 0 spiro atoms. The monoisotopic (exact) mass is 398 g/mol. The molecule has 4 nitrogen and oxygen atoms in total. The van der Waals surface area contributed by atoms with Gasteiger partial charge in [-0.2, -0.15) is 0 Å². The van der Waals surface area contributed by atoms with Crippen molar-refractivity contribution in [2.45, 2.75) is 13.5 Å². The van der Waals surface area contributed by atoms with Crippen LogP contribution in [0.15, 0.2) is 67.1 Å². The molecule has 3 rings (SSSR count). The predicted octanol–water partition coefficient (Wildman–Crippen LogP) is 0.240. The van der Waals surface area contributed by atoms with Gasteiger partial charge in [-0.05, 0) is 24.0 Å². The molecule has 5 heteroatoms. The number of carbonyl (C=O) groups excluding carboxylic acids is 1. The molecule has 128 valence electrons. The summed E-state index contributed by atoms with van der Waals surface area (Å²) in [6, 6.07) is 17.3. The second kappa shape index (κ2) is 8.53. The quantitative estimate of drug-likeness (QED) is 0.456. The van der Waals surface area contributed by atoms with Crippen molar-refractivity contribution in [3.05, 3.63) is 78.2 Å². The molecule has 1 aromatic heterocycles. The zero-order valence-corrected chi connectivity index (χ0v) is 15.7. The molecule has 0 saturated carbocycles. The fraction of sp³-hybridized carbons (Fsp3) is 0.150. The van der Waals surface area contributed by atoms with Crippen LogP contribution in [0.5, 0.6) is 5.75 Å². The van der Waals surface area contributed by atoms with E-state index in [1.165, 1.54) is 5.56 Å². The summed E-state index contributed by atoms with van der Waals surface area (Å²) in [5, 5.41) is 0. The summed E-state index contributed by atoms with van der Waals surface area (Å²) in [5.41, 5.74) is 3.80. The van der Waals surface area contributed by atoms with E-state index in [1.54, 1.807) is 30.1 Å². The van der Waals surface area contributed by atoms with Crippen LogP contribution in [0.4, 0.5) is 0 Å². The molecule has 0 atom stereocenters. The predicted molar refractivity (Wildman–Crippen MR) is 91.9 cm³/mol. The number of halogens is 1. The van der Waals surface area contributed by atoms with E-state index in [9.17, 15) is 4.79 Å². The molecule has 0 aliphatic rings. The molecule has 0 aliphatic carbocycles. The van der Waals surface area contributed by atoms with Gasteiger partial charge in [0.2, 0.25) is 5.78 Å². The number of hydrogen-bond donors (Lipinski definition) is 0. The Morgan fingerprint density at radius 3 is 2.52 bits per heavy atom. The average Bonchev–Trinajstić information content (AvgIpc) is 2.63. The third-order valence-corrected chi connectivity index (χ3v) is 3.83. The normalized spacial score (nSPS) is 10.0. The minimum atomic E-state index is 0. The topological polar surface area (TPSA) is 43.1 Å². The molecule has 0 aliphatic heterocycles. The summed E-state index contributed by atoms with van der Waals surface area (Å²) in [7, 11) is 1.59. The SMILES string of the molecule is COc1cccc(C(=O)C[n+]2ccc(-c3ccc(C)cc3)nc2)c1.[Br-]. The number of hydrogen-bond acceptors (Lipinski definition) is 3. The van der Waals surface area contributed by atoms with E-state index in [2.05, 4.69) is 24.0 Å². The number of aryl methyl sites for hydroxylation is 1. The van der Waals surface area contributed by atoms with Crippen LogP contribution in [-0.2, 0) is 6.54 Å². The van der Waals surface area contributed by atoms with Crippen LogP contribution in [0.3, 0.4) is 0 Å². The maximum Gasteiger partial charge on any atom is 0.287 e. The maximum absolute atomic E-state index is 12.4. The van der Waals surface area contributed by atoms with Crippen molar-refractivity contribution in [1.29, 1.82) is 0 Å². The van der Waals surface area contributed by atoms with Gasteiger partial charge in [-0.1, -0.05) is 42.0 Å². The minimum absolute atomic E-state index is 0. The smallest absolute Gasteiger partial charge is 0.287 e. The first-order chi connectivity index (χ1) is 11.7. The zero-order chi connectivity index (χ0) is 16.9. The Balaban J connectivity index is 0.00000225. The van der Waals surface area contributed by atoms with E-state index in [-0.39, 0.29) is 29.3 Å². The van der Waals surface area contributed by atoms with E-state index in [0.29, 0.717) is 11.3 Å². The number of nitrogens with zero attached hydrogens (tertiary/aromatic N) is 2. The minimum Gasteiger partial charge on any atom is -1.00 e. The largest absolute Gasteiger partial charge is 1.00 e. The van der Waals surface area contributed by atoms with Crippen molar-refractivity contribution in [3.8, 4) is 17.0 Å². The second-order valence-corrected chi connectivity index (χ2v) is 5.64. The molecule has 0 bridgehead atoms. The highest BCUT2D eigenvalue weighted by Crippen LogP contribution is 2.16. The summed E-state index contributed by atoms with van der Waals surface area (Å²) >= 11 is 0. The van der Waals surface area contributed by atoms with E-state index in [1.807, 2.05) is 36.5 Å². The van der Waals surface area contributed by atoms with Gasteiger partial charge in [-0.3, -0.25) is 4.79 Å². The summed E-state index contributed by atoms with van der Waals surface area (Å²) in [6.07, 6.45) is 3.56. The number of ether oxygens (including phenoxy) is 1. The third-order valence-electron chi connectivity index (χ3n) is 3.83. The molecule has 0 unspecified atom stereocenters. The van der Waals surface area contributed by atoms with Gasteiger partial charge in [0.25, 0.3) is 6.33 Å². The summed E-state index contributed by atoms with van der Waals surface area (Å²) in [4.78, 5) is 16.8. The first-order valence-corrected chi connectivity index (χ1v) is 7.75. The van der Waals surface area contributed by atoms with Crippen molar-refractivity contribution in [3.63, 3.8) is 0 Å². The average molecular weight is 399 g/mol. The first kappa shape index (κ1) is 18.8. The van der Waals surface area contributed by atoms with Gasteiger partial charge in [0.05, 0.1) is 13.3 Å². The molecule has 0 N–H and O–H groups in total. The number of rotatable bonds is 5. The van der Waals surface area contributed by atoms with Gasteiger partial charge in [0, 0.05) is 17.2 Å². The Morgan fingerprint density at radius 2 is 1.88 bits per heavy atom. The molecule has 0 fully saturated rings. The fourth-order valence-electron chi connectivity index (χ4n) is 2.43.